The molecule has 0 saturated carbocycles. The molecule has 1 unspecified atom stereocenters. The molecule has 0 spiro atoms. The van der Waals surface area contributed by atoms with Gasteiger partial charge in [-0.15, -0.1) is 0 Å². The number of imide groups is 1. The van der Waals surface area contributed by atoms with Crippen molar-refractivity contribution >= 4 is 40.8 Å². The predicted molar refractivity (Wildman–Crippen MR) is 91.4 cm³/mol. The molecule has 0 aliphatic carbocycles. The molecule has 1 aliphatic heterocycles. The molecule has 1 aliphatic rings. The first-order valence-corrected chi connectivity index (χ1v) is 8.29. The van der Waals surface area contributed by atoms with Crippen molar-refractivity contribution in [2.75, 3.05) is 12.8 Å². The van der Waals surface area contributed by atoms with Gasteiger partial charge in [0.1, 0.15) is 12.6 Å². The summed E-state index contributed by atoms with van der Waals surface area (Å²) in [5, 5.41) is 11.9. The molecule has 5 N–H and O–H groups in total. The minimum Gasteiger partial charge on any atom is -0.480 e. The number of hydrogen-bond acceptors (Lipinski definition) is 5. The summed E-state index contributed by atoms with van der Waals surface area (Å²) in [7, 11) is 0. The van der Waals surface area contributed by atoms with Crippen molar-refractivity contribution in [1.29, 1.82) is 0 Å². The number of carboxylic acids is 1. The number of nitrogens with one attached hydrogen (secondary N) is 2. The maximum atomic E-state index is 10.6. The zero-order valence-electron chi connectivity index (χ0n) is 13.0. The van der Waals surface area contributed by atoms with Crippen molar-refractivity contribution in [3.63, 3.8) is 0 Å². The number of amides is 3. The van der Waals surface area contributed by atoms with Crippen LogP contribution in [0.4, 0.5) is 4.79 Å². The molecular formula is C15H18N4O4S. The summed E-state index contributed by atoms with van der Waals surface area (Å²) in [6, 6.07) is 6.60. The van der Waals surface area contributed by atoms with Gasteiger partial charge in [0.2, 0.25) is 5.91 Å². The van der Waals surface area contributed by atoms with Crippen LogP contribution in [0, 0.1) is 0 Å². The van der Waals surface area contributed by atoms with E-state index in [4.69, 9.17) is 10.8 Å². The van der Waals surface area contributed by atoms with E-state index in [0.717, 1.165) is 16.5 Å². The highest BCUT2D eigenvalue weighted by atomic mass is 32.2. The molecule has 3 rings (SSSR count). The molecule has 0 radical (unpaired) electrons. The van der Waals surface area contributed by atoms with Gasteiger partial charge in [-0.25, -0.2) is 4.79 Å². The second kappa shape index (κ2) is 7.84. The fourth-order valence-corrected chi connectivity index (χ4v) is 2.65. The van der Waals surface area contributed by atoms with Gasteiger partial charge in [-0.3, -0.25) is 19.2 Å². The number of aliphatic carboxylic acids is 1. The van der Waals surface area contributed by atoms with E-state index in [1.54, 1.807) is 6.26 Å². The quantitative estimate of drug-likeness (QED) is 0.480. The van der Waals surface area contributed by atoms with Crippen molar-refractivity contribution in [3.05, 3.63) is 36.0 Å². The van der Waals surface area contributed by atoms with Crippen molar-refractivity contribution in [3.8, 4) is 0 Å². The first kappa shape index (κ1) is 17.8. The highest BCUT2D eigenvalue weighted by Gasteiger charge is 2.25. The minimum absolute atomic E-state index is 0.181. The average Bonchev–Trinajstić information content (AvgIpc) is 3.10. The molecule has 8 nitrogen and oxygen atoms in total. The van der Waals surface area contributed by atoms with Crippen LogP contribution in [0.5, 0.6) is 0 Å². The molecule has 3 amide bonds. The third-order valence-corrected chi connectivity index (χ3v) is 4.15. The van der Waals surface area contributed by atoms with Gasteiger partial charge in [0, 0.05) is 29.8 Å². The van der Waals surface area contributed by atoms with E-state index >= 15 is 0 Å². The van der Waals surface area contributed by atoms with Gasteiger partial charge < -0.3 is 15.8 Å². The summed E-state index contributed by atoms with van der Waals surface area (Å²) in [5.41, 5.74) is 7.43. The van der Waals surface area contributed by atoms with E-state index in [9.17, 15) is 14.4 Å². The van der Waals surface area contributed by atoms with Crippen LogP contribution in [0.25, 0.3) is 10.9 Å². The van der Waals surface area contributed by atoms with E-state index in [1.807, 2.05) is 30.5 Å². The van der Waals surface area contributed by atoms with E-state index in [2.05, 4.69) is 10.3 Å². The summed E-state index contributed by atoms with van der Waals surface area (Å²) in [6.07, 6.45) is 3.91. The lowest BCUT2D eigenvalue weighted by Gasteiger charge is -2.05. The van der Waals surface area contributed by atoms with Crippen LogP contribution < -0.4 is 11.1 Å². The number of para-hydroxylation sites is 1. The van der Waals surface area contributed by atoms with Gasteiger partial charge in [-0.1, -0.05) is 18.2 Å². The number of carboxylic acid groups (broad SMARTS) is 1. The summed E-state index contributed by atoms with van der Waals surface area (Å²) in [6.45, 7) is 0.181. The largest absolute Gasteiger partial charge is 0.480 e. The van der Waals surface area contributed by atoms with Gasteiger partial charge in [0.05, 0.1) is 0 Å². The first-order chi connectivity index (χ1) is 11.4. The van der Waals surface area contributed by atoms with Gasteiger partial charge in [0.25, 0.3) is 0 Å². The Kier molecular flexibility index (Phi) is 5.83. The molecule has 9 heteroatoms. The van der Waals surface area contributed by atoms with Crippen LogP contribution in [0.3, 0.4) is 0 Å². The van der Waals surface area contributed by atoms with Gasteiger partial charge >= 0.3 is 12.0 Å². The Morgan fingerprint density at radius 2 is 2.12 bits per heavy atom. The number of hydrogen-bond donors (Lipinski definition) is 4. The minimum atomic E-state index is -0.972. The number of aromatic amines is 1. The Hall–Kier alpha value is -2.52. The lowest BCUT2D eigenvalue weighted by molar-refractivity contribution is -0.138. The third kappa shape index (κ3) is 4.27. The Balaban J connectivity index is 0.000000198. The van der Waals surface area contributed by atoms with Crippen LogP contribution >= 0.6 is 11.9 Å². The number of benzene rings is 1. The molecule has 1 fully saturated rings. The standard InChI is InChI=1S/C11H12N2O2.C4H6N2O2S/c12-9(11(14)15)5-7-6-13-10-4-2-1-3-8(7)10;1-9-6-2-3(7)5-4(6)8/h1-4,6,9,13H,5,12H2,(H,14,15);2H2,1H3,(H,5,7,8). The number of carbonyl (C=O) groups excluding carboxylic acids is 2. The Labute approximate surface area is 142 Å². The molecule has 1 atom stereocenters. The fourth-order valence-electron chi connectivity index (χ4n) is 2.20. The summed E-state index contributed by atoms with van der Waals surface area (Å²) < 4.78 is 1.36. The number of rotatable bonds is 4. The summed E-state index contributed by atoms with van der Waals surface area (Å²) in [5.74, 6) is -1.20. The smallest absolute Gasteiger partial charge is 0.334 e. The highest BCUT2D eigenvalue weighted by Crippen LogP contribution is 2.18. The third-order valence-electron chi connectivity index (χ3n) is 3.41. The lowest BCUT2D eigenvalue weighted by atomic mass is 10.1. The van der Waals surface area contributed by atoms with Crippen LogP contribution in [0.15, 0.2) is 30.5 Å². The number of nitrogens with zero attached hydrogens (tertiary/aromatic N) is 1. The van der Waals surface area contributed by atoms with Crippen molar-refractivity contribution in [2.24, 2.45) is 5.73 Å². The van der Waals surface area contributed by atoms with Gasteiger partial charge in [0.15, 0.2) is 0 Å². The van der Waals surface area contributed by atoms with Crippen LogP contribution in [0.1, 0.15) is 5.56 Å². The van der Waals surface area contributed by atoms with Crippen LogP contribution in [-0.2, 0) is 16.0 Å². The molecule has 2 heterocycles. The summed E-state index contributed by atoms with van der Waals surface area (Å²) >= 11 is 1.24. The Morgan fingerprint density at radius 1 is 1.42 bits per heavy atom. The first-order valence-electron chi connectivity index (χ1n) is 7.11. The van der Waals surface area contributed by atoms with E-state index in [0.29, 0.717) is 6.42 Å². The van der Waals surface area contributed by atoms with Crippen LogP contribution in [0.2, 0.25) is 0 Å². The monoisotopic (exact) mass is 350 g/mol. The SMILES string of the molecule is CSN1CC(=O)NC1=O.NC(Cc1c[nH]c2ccccc12)C(=O)O. The zero-order valence-corrected chi connectivity index (χ0v) is 13.8. The van der Waals surface area contributed by atoms with E-state index in [1.165, 1.54) is 16.3 Å². The lowest BCUT2D eigenvalue weighted by Crippen LogP contribution is -2.32. The molecule has 1 aromatic heterocycles. The highest BCUT2D eigenvalue weighted by molar-refractivity contribution is 7.96. The normalized spacial score (nSPS) is 15.0. The van der Waals surface area contributed by atoms with Crippen LogP contribution in [-0.4, -0.2) is 51.1 Å². The number of nitrogens with two attached hydrogens (primary N) is 1. The van der Waals surface area contributed by atoms with E-state index < -0.39 is 12.0 Å². The second-order valence-corrected chi connectivity index (χ2v) is 5.89. The van der Waals surface area contributed by atoms with E-state index in [-0.39, 0.29) is 18.5 Å². The topological polar surface area (TPSA) is 129 Å². The van der Waals surface area contributed by atoms with Crippen molar-refractivity contribution in [1.82, 2.24) is 14.6 Å². The molecule has 1 aromatic carbocycles. The molecular weight excluding hydrogens is 332 g/mol. The maximum Gasteiger partial charge on any atom is 0.334 e. The molecule has 2 aromatic rings. The summed E-state index contributed by atoms with van der Waals surface area (Å²) in [4.78, 5) is 34.7. The van der Waals surface area contributed by atoms with Crippen molar-refractivity contribution in [2.45, 2.75) is 12.5 Å². The maximum absolute atomic E-state index is 10.6. The zero-order chi connectivity index (χ0) is 17.7. The molecule has 1 saturated heterocycles. The number of urea groups is 1. The Morgan fingerprint density at radius 3 is 2.67 bits per heavy atom. The Bertz CT molecular complexity index is 761. The molecule has 24 heavy (non-hydrogen) atoms. The number of aromatic nitrogens is 1. The predicted octanol–water partition coefficient (Wildman–Crippen LogP) is 0.938. The number of carbonyl (C=O) groups is 3. The second-order valence-electron chi connectivity index (χ2n) is 5.08. The molecule has 0 bridgehead atoms. The van der Waals surface area contributed by atoms with Gasteiger partial charge in [-0.2, -0.15) is 0 Å². The molecule has 128 valence electrons. The number of fused-ring (bicyclic) bond motifs is 1. The van der Waals surface area contributed by atoms with Crippen molar-refractivity contribution < 1.29 is 19.5 Å². The fraction of sp³-hybridized carbons (Fsp3) is 0.267. The van der Waals surface area contributed by atoms with Gasteiger partial charge in [-0.05, 0) is 23.6 Å². The average molecular weight is 350 g/mol. The number of H-pyrrole nitrogens is 1.